The maximum atomic E-state index is 13.4. The molecule has 8 nitrogen and oxygen atoms in total. The third-order valence-corrected chi connectivity index (χ3v) is 12.5. The third-order valence-electron chi connectivity index (χ3n) is 5.14. The second kappa shape index (κ2) is 12.2. The predicted molar refractivity (Wildman–Crippen MR) is 164 cm³/mol. The zero-order valence-corrected chi connectivity index (χ0v) is 27.4. The Morgan fingerprint density at radius 1 is 0.943 bits per heavy atom. The normalized spacial score (nSPS) is 13.7. The number of hydrogen-bond donors (Lipinski definition) is 1. The lowest BCUT2D eigenvalue weighted by Gasteiger charge is -2.26. The molecule has 2 aromatic carbocycles. The number of benzene rings is 2. The van der Waals surface area contributed by atoms with E-state index in [0.717, 1.165) is 12.0 Å². The Balaban J connectivity index is 1.82. The largest absolute Gasteiger partial charge is 0.495 e. The van der Waals surface area contributed by atoms with Gasteiger partial charge in [0.1, 0.15) is 11.8 Å². The Labute approximate surface area is 257 Å². The number of imide groups is 1. The highest BCUT2D eigenvalue weighted by Crippen LogP contribution is 2.39. The molecule has 1 atom stereocenters. The number of anilines is 1. The molecule has 1 unspecified atom stereocenters. The molecular formula is C23H20I4N2O6. The number of methoxy groups -OCH3 is 1. The molecule has 0 spiro atoms. The summed E-state index contributed by atoms with van der Waals surface area (Å²) in [5.74, 6) is -1.98. The van der Waals surface area contributed by atoms with E-state index in [1.54, 1.807) is 24.3 Å². The number of hydrogen-bond acceptors (Lipinski definition) is 6. The zero-order chi connectivity index (χ0) is 26.0. The van der Waals surface area contributed by atoms with Crippen LogP contribution in [0.4, 0.5) is 5.69 Å². The van der Waals surface area contributed by atoms with Crippen molar-refractivity contribution in [3.63, 3.8) is 0 Å². The van der Waals surface area contributed by atoms with Crippen molar-refractivity contribution >= 4 is 120 Å². The standard InChI is InChI=1S/C23H20I4N2O6/c1-10(2)8-12(23(33)35-9-14(30)28-11-6-4-5-7-13(11)34-3)29-21(31)15-16(22(29)32)18(25)20(27)19(26)17(15)24/h4-7,10,12H,8-9H2,1-3H3,(H,28,30). The van der Waals surface area contributed by atoms with E-state index in [0.29, 0.717) is 29.7 Å². The van der Waals surface area contributed by atoms with Crippen LogP contribution in [0, 0.1) is 20.2 Å². The molecule has 1 N–H and O–H groups in total. The summed E-state index contributed by atoms with van der Waals surface area (Å²) in [6, 6.07) is 5.69. The second-order valence-electron chi connectivity index (χ2n) is 7.99. The van der Waals surface area contributed by atoms with Gasteiger partial charge in [-0.15, -0.1) is 0 Å². The number of halogens is 4. The van der Waals surface area contributed by atoms with Gasteiger partial charge in [0.15, 0.2) is 6.61 Å². The molecule has 186 valence electrons. The SMILES string of the molecule is COc1ccccc1NC(=O)COC(=O)C(CC(C)C)N1C(=O)c2c(I)c(I)c(I)c(I)c2C1=O. The van der Waals surface area contributed by atoms with Crippen LogP contribution in [0.15, 0.2) is 24.3 Å². The fourth-order valence-electron chi connectivity index (χ4n) is 3.57. The molecule has 0 bridgehead atoms. The number of rotatable bonds is 8. The lowest BCUT2D eigenvalue weighted by Crippen LogP contribution is -2.47. The maximum absolute atomic E-state index is 13.4. The first kappa shape index (κ1) is 28.8. The van der Waals surface area contributed by atoms with Crippen molar-refractivity contribution in [2.75, 3.05) is 19.0 Å². The highest BCUT2D eigenvalue weighted by atomic mass is 127. The van der Waals surface area contributed by atoms with Crippen LogP contribution >= 0.6 is 90.4 Å². The summed E-state index contributed by atoms with van der Waals surface area (Å²) in [5, 5.41) is 2.63. The first-order valence-electron chi connectivity index (χ1n) is 10.3. The molecule has 0 aliphatic carbocycles. The highest BCUT2D eigenvalue weighted by Gasteiger charge is 2.47. The number of fused-ring (bicyclic) bond motifs is 1. The van der Waals surface area contributed by atoms with Crippen LogP contribution in [0.3, 0.4) is 0 Å². The first-order valence-corrected chi connectivity index (χ1v) is 14.6. The summed E-state index contributed by atoms with van der Waals surface area (Å²) < 4.78 is 13.6. The van der Waals surface area contributed by atoms with Crippen LogP contribution in [-0.4, -0.2) is 48.3 Å². The molecule has 0 fully saturated rings. The van der Waals surface area contributed by atoms with Crippen LogP contribution < -0.4 is 10.1 Å². The summed E-state index contributed by atoms with van der Waals surface area (Å²) in [6.07, 6.45) is 0.208. The second-order valence-corrected chi connectivity index (χ2v) is 12.3. The van der Waals surface area contributed by atoms with Gasteiger partial charge in [-0.25, -0.2) is 4.79 Å². The van der Waals surface area contributed by atoms with E-state index < -0.39 is 36.3 Å². The molecular weight excluding hydrogens is 908 g/mol. The third kappa shape index (κ3) is 6.05. The number of carbonyl (C=O) groups excluding carboxylic acids is 4. The minimum atomic E-state index is -1.15. The number of carbonyl (C=O) groups is 4. The lowest BCUT2D eigenvalue weighted by atomic mass is 10.0. The fraction of sp³-hybridized carbons (Fsp3) is 0.304. The van der Waals surface area contributed by atoms with Gasteiger partial charge in [0, 0.05) is 14.3 Å². The summed E-state index contributed by atoms with van der Waals surface area (Å²) in [5.41, 5.74) is 1.05. The molecule has 1 heterocycles. The van der Waals surface area contributed by atoms with Gasteiger partial charge >= 0.3 is 5.97 Å². The van der Waals surface area contributed by atoms with Crippen molar-refractivity contribution in [1.29, 1.82) is 0 Å². The molecule has 0 radical (unpaired) electrons. The quantitative estimate of drug-likeness (QED) is 0.127. The number of nitrogens with zero attached hydrogens (tertiary/aromatic N) is 1. The molecule has 35 heavy (non-hydrogen) atoms. The van der Waals surface area contributed by atoms with Crippen molar-refractivity contribution < 1.29 is 28.7 Å². The van der Waals surface area contributed by atoms with Crippen LogP contribution in [0.5, 0.6) is 5.75 Å². The summed E-state index contributed by atoms with van der Waals surface area (Å²) in [7, 11) is 1.48. The van der Waals surface area contributed by atoms with E-state index in [1.807, 2.05) is 13.8 Å². The van der Waals surface area contributed by atoms with E-state index in [9.17, 15) is 19.2 Å². The molecule has 12 heteroatoms. The fourth-order valence-corrected chi connectivity index (χ4v) is 7.22. The Morgan fingerprint density at radius 3 is 2.00 bits per heavy atom. The summed E-state index contributed by atoms with van der Waals surface area (Å²) >= 11 is 8.42. The monoisotopic (exact) mass is 928 g/mol. The Hall–Kier alpha value is -0.760. The highest BCUT2D eigenvalue weighted by molar-refractivity contribution is 14.1. The van der Waals surface area contributed by atoms with Gasteiger partial charge in [-0.1, -0.05) is 26.0 Å². The minimum absolute atomic E-state index is 0.0160. The number of amides is 3. The van der Waals surface area contributed by atoms with Gasteiger partial charge in [0.05, 0.1) is 23.9 Å². The van der Waals surface area contributed by atoms with Gasteiger partial charge in [-0.3, -0.25) is 19.3 Å². The van der Waals surface area contributed by atoms with Crippen molar-refractivity contribution in [3.05, 3.63) is 49.7 Å². The van der Waals surface area contributed by atoms with E-state index >= 15 is 0 Å². The molecule has 1 aliphatic heterocycles. The summed E-state index contributed by atoms with van der Waals surface area (Å²) in [6.45, 7) is 3.19. The smallest absolute Gasteiger partial charge is 0.329 e. The van der Waals surface area contributed by atoms with E-state index in [4.69, 9.17) is 9.47 Å². The molecule has 3 amide bonds. The Bertz CT molecular complexity index is 1170. The van der Waals surface area contributed by atoms with E-state index in [2.05, 4.69) is 95.7 Å². The average Bonchev–Trinajstić information content (AvgIpc) is 3.08. The average molecular weight is 928 g/mol. The van der Waals surface area contributed by atoms with Gasteiger partial charge in [-0.2, -0.15) is 0 Å². The zero-order valence-electron chi connectivity index (χ0n) is 18.8. The van der Waals surface area contributed by atoms with Gasteiger partial charge in [-0.05, 0) is 115 Å². The van der Waals surface area contributed by atoms with Gasteiger partial charge in [0.2, 0.25) is 0 Å². The number of esters is 1. The number of ether oxygens (including phenoxy) is 2. The van der Waals surface area contributed by atoms with Crippen molar-refractivity contribution in [2.24, 2.45) is 5.92 Å². The van der Waals surface area contributed by atoms with Crippen LogP contribution in [-0.2, 0) is 14.3 Å². The van der Waals surface area contributed by atoms with Gasteiger partial charge < -0.3 is 14.8 Å². The summed E-state index contributed by atoms with van der Waals surface area (Å²) in [4.78, 5) is 53.3. The van der Waals surface area contributed by atoms with E-state index in [-0.39, 0.29) is 12.3 Å². The molecule has 0 saturated heterocycles. The van der Waals surface area contributed by atoms with Crippen LogP contribution in [0.1, 0.15) is 41.0 Å². The minimum Gasteiger partial charge on any atom is -0.495 e. The molecule has 0 aromatic heterocycles. The number of nitrogens with one attached hydrogen (secondary N) is 1. The molecule has 3 rings (SSSR count). The predicted octanol–water partition coefficient (Wildman–Crippen LogP) is 5.31. The molecule has 0 saturated carbocycles. The van der Waals surface area contributed by atoms with E-state index in [1.165, 1.54) is 7.11 Å². The lowest BCUT2D eigenvalue weighted by molar-refractivity contribution is -0.151. The van der Waals surface area contributed by atoms with Crippen LogP contribution in [0.25, 0.3) is 0 Å². The number of para-hydroxylation sites is 2. The van der Waals surface area contributed by atoms with Gasteiger partial charge in [0.25, 0.3) is 17.7 Å². The molecule has 2 aromatic rings. The maximum Gasteiger partial charge on any atom is 0.329 e. The molecule has 1 aliphatic rings. The van der Waals surface area contributed by atoms with Crippen molar-refractivity contribution in [2.45, 2.75) is 26.3 Å². The Morgan fingerprint density at radius 2 is 1.49 bits per heavy atom. The first-order chi connectivity index (χ1) is 16.5. The topological polar surface area (TPSA) is 102 Å². The van der Waals surface area contributed by atoms with Crippen molar-refractivity contribution in [3.8, 4) is 5.75 Å². The van der Waals surface area contributed by atoms with Crippen LogP contribution in [0.2, 0.25) is 0 Å². The van der Waals surface area contributed by atoms with Crippen molar-refractivity contribution in [1.82, 2.24) is 4.90 Å². The Kier molecular flexibility index (Phi) is 10.0.